The van der Waals surface area contributed by atoms with Crippen LogP contribution >= 0.6 is 0 Å². The van der Waals surface area contributed by atoms with E-state index >= 15 is 0 Å². The largest absolute Gasteiger partial charge is 0.381 e. The number of nitrogen functional groups attached to an aromatic ring is 1. The van der Waals surface area contributed by atoms with Crippen LogP contribution < -0.4 is 16.4 Å². The SMILES string of the molecule is Nc1ncc(-c2ccncc2)nc1NC1CCNCC1. The van der Waals surface area contributed by atoms with Crippen molar-refractivity contribution in [3.8, 4) is 11.3 Å². The second kappa shape index (κ2) is 5.83. The standard InChI is InChI=1S/C14H18N6/c15-13-14(19-11-3-7-17-8-4-11)20-12(9-18-13)10-1-5-16-6-2-10/h1-2,5-6,9,11,17H,3-4,7-8H2,(H2,15,18)(H,19,20). The molecule has 0 amide bonds. The summed E-state index contributed by atoms with van der Waals surface area (Å²) < 4.78 is 0. The summed E-state index contributed by atoms with van der Waals surface area (Å²) in [4.78, 5) is 12.8. The highest BCUT2D eigenvalue weighted by Gasteiger charge is 2.15. The van der Waals surface area contributed by atoms with Gasteiger partial charge >= 0.3 is 0 Å². The average Bonchev–Trinajstić information content (AvgIpc) is 2.51. The van der Waals surface area contributed by atoms with Crippen molar-refractivity contribution in [2.75, 3.05) is 24.1 Å². The van der Waals surface area contributed by atoms with Crippen molar-refractivity contribution in [1.29, 1.82) is 0 Å². The molecule has 4 N–H and O–H groups in total. The number of piperidine rings is 1. The van der Waals surface area contributed by atoms with Crippen LogP contribution in [0.25, 0.3) is 11.3 Å². The first-order valence-corrected chi connectivity index (χ1v) is 6.83. The molecule has 1 fully saturated rings. The van der Waals surface area contributed by atoms with Crippen LogP contribution in [0, 0.1) is 0 Å². The third-order valence-corrected chi connectivity index (χ3v) is 3.46. The van der Waals surface area contributed by atoms with E-state index in [4.69, 9.17) is 5.73 Å². The second-order valence-corrected chi connectivity index (χ2v) is 4.89. The van der Waals surface area contributed by atoms with Gasteiger partial charge in [-0.2, -0.15) is 0 Å². The molecular weight excluding hydrogens is 252 g/mol. The van der Waals surface area contributed by atoms with Gasteiger partial charge in [-0.15, -0.1) is 0 Å². The summed E-state index contributed by atoms with van der Waals surface area (Å²) in [5.41, 5.74) is 7.71. The number of nitrogens with zero attached hydrogens (tertiary/aromatic N) is 3. The first-order valence-electron chi connectivity index (χ1n) is 6.83. The quantitative estimate of drug-likeness (QED) is 0.778. The second-order valence-electron chi connectivity index (χ2n) is 4.89. The van der Waals surface area contributed by atoms with Crippen molar-refractivity contribution in [3.63, 3.8) is 0 Å². The molecule has 1 saturated heterocycles. The van der Waals surface area contributed by atoms with E-state index in [9.17, 15) is 0 Å². The molecule has 0 saturated carbocycles. The number of aromatic nitrogens is 3. The Labute approximate surface area is 117 Å². The van der Waals surface area contributed by atoms with E-state index in [1.165, 1.54) is 0 Å². The molecule has 0 radical (unpaired) electrons. The zero-order chi connectivity index (χ0) is 13.8. The Morgan fingerprint density at radius 2 is 1.95 bits per heavy atom. The minimum Gasteiger partial charge on any atom is -0.381 e. The highest BCUT2D eigenvalue weighted by atomic mass is 15.1. The van der Waals surface area contributed by atoms with Crippen LogP contribution in [0.1, 0.15) is 12.8 Å². The van der Waals surface area contributed by atoms with Gasteiger partial charge in [-0.25, -0.2) is 9.97 Å². The molecule has 0 spiro atoms. The lowest BCUT2D eigenvalue weighted by Gasteiger charge is -2.24. The van der Waals surface area contributed by atoms with Gasteiger partial charge in [0.25, 0.3) is 0 Å². The van der Waals surface area contributed by atoms with Gasteiger partial charge in [0.1, 0.15) is 0 Å². The van der Waals surface area contributed by atoms with Gasteiger partial charge in [0.05, 0.1) is 11.9 Å². The highest BCUT2D eigenvalue weighted by Crippen LogP contribution is 2.22. The van der Waals surface area contributed by atoms with Crippen LogP contribution in [0.4, 0.5) is 11.6 Å². The number of pyridine rings is 1. The van der Waals surface area contributed by atoms with E-state index in [1.54, 1.807) is 18.6 Å². The monoisotopic (exact) mass is 270 g/mol. The number of anilines is 2. The molecule has 2 aromatic rings. The summed E-state index contributed by atoms with van der Waals surface area (Å²) in [6.07, 6.45) is 7.32. The molecule has 104 valence electrons. The van der Waals surface area contributed by atoms with E-state index < -0.39 is 0 Å². The van der Waals surface area contributed by atoms with Gasteiger partial charge in [0.15, 0.2) is 11.6 Å². The van der Waals surface area contributed by atoms with E-state index in [1.807, 2.05) is 12.1 Å². The molecule has 2 aromatic heterocycles. The highest BCUT2D eigenvalue weighted by molar-refractivity contribution is 5.65. The smallest absolute Gasteiger partial charge is 0.169 e. The minimum atomic E-state index is 0.403. The van der Waals surface area contributed by atoms with Crippen LogP contribution in [-0.2, 0) is 0 Å². The van der Waals surface area contributed by atoms with Crippen molar-refractivity contribution in [1.82, 2.24) is 20.3 Å². The lowest BCUT2D eigenvalue weighted by molar-refractivity contribution is 0.478. The molecule has 3 heterocycles. The molecule has 6 nitrogen and oxygen atoms in total. The summed E-state index contributed by atoms with van der Waals surface area (Å²) in [5, 5.41) is 6.74. The molecule has 0 aliphatic carbocycles. The third-order valence-electron chi connectivity index (χ3n) is 3.46. The molecule has 0 aromatic carbocycles. The van der Waals surface area contributed by atoms with Crippen molar-refractivity contribution in [2.45, 2.75) is 18.9 Å². The molecule has 1 aliphatic rings. The van der Waals surface area contributed by atoms with Gasteiger partial charge in [-0.05, 0) is 38.1 Å². The number of hydrogen-bond donors (Lipinski definition) is 3. The fourth-order valence-corrected chi connectivity index (χ4v) is 2.33. The lowest BCUT2D eigenvalue weighted by Crippen LogP contribution is -2.35. The lowest BCUT2D eigenvalue weighted by atomic mass is 10.1. The van der Waals surface area contributed by atoms with Crippen molar-refractivity contribution >= 4 is 11.6 Å². The number of nitrogens with one attached hydrogen (secondary N) is 2. The number of hydrogen-bond acceptors (Lipinski definition) is 6. The Balaban J connectivity index is 1.83. The zero-order valence-corrected chi connectivity index (χ0v) is 11.2. The maximum atomic E-state index is 5.92. The van der Waals surface area contributed by atoms with E-state index in [2.05, 4.69) is 25.6 Å². The first kappa shape index (κ1) is 12.8. The molecule has 1 aliphatic heterocycles. The van der Waals surface area contributed by atoms with Crippen molar-refractivity contribution in [2.24, 2.45) is 0 Å². The minimum absolute atomic E-state index is 0.403. The van der Waals surface area contributed by atoms with E-state index in [0.29, 0.717) is 17.7 Å². The van der Waals surface area contributed by atoms with Crippen LogP contribution in [0.5, 0.6) is 0 Å². The Hall–Kier alpha value is -2.21. The van der Waals surface area contributed by atoms with Crippen molar-refractivity contribution < 1.29 is 0 Å². The van der Waals surface area contributed by atoms with Crippen molar-refractivity contribution in [3.05, 3.63) is 30.7 Å². The summed E-state index contributed by atoms with van der Waals surface area (Å²) in [6, 6.07) is 4.23. The predicted octanol–water partition coefficient (Wildman–Crippen LogP) is 1.28. The maximum absolute atomic E-state index is 5.92. The summed E-state index contributed by atoms with van der Waals surface area (Å²) in [7, 11) is 0. The zero-order valence-electron chi connectivity index (χ0n) is 11.2. The molecular formula is C14H18N6. The van der Waals surface area contributed by atoms with E-state index in [0.717, 1.165) is 37.2 Å². The summed E-state index contributed by atoms with van der Waals surface area (Å²) in [5.74, 6) is 1.12. The Morgan fingerprint density at radius 1 is 1.20 bits per heavy atom. The van der Waals surface area contributed by atoms with Crippen LogP contribution in [-0.4, -0.2) is 34.1 Å². The summed E-state index contributed by atoms with van der Waals surface area (Å²) in [6.45, 7) is 2.05. The van der Waals surface area contributed by atoms with Crippen LogP contribution in [0.15, 0.2) is 30.7 Å². The molecule has 0 unspecified atom stereocenters. The van der Waals surface area contributed by atoms with Gasteiger partial charge in [-0.3, -0.25) is 4.98 Å². The predicted molar refractivity (Wildman–Crippen MR) is 79.2 cm³/mol. The van der Waals surface area contributed by atoms with Crippen LogP contribution in [0.2, 0.25) is 0 Å². The number of nitrogens with two attached hydrogens (primary N) is 1. The summed E-state index contributed by atoms with van der Waals surface area (Å²) >= 11 is 0. The molecule has 3 rings (SSSR count). The number of rotatable bonds is 3. The third kappa shape index (κ3) is 2.85. The fraction of sp³-hybridized carbons (Fsp3) is 0.357. The van der Waals surface area contributed by atoms with E-state index in [-0.39, 0.29) is 0 Å². The molecule has 20 heavy (non-hydrogen) atoms. The van der Waals surface area contributed by atoms with Gasteiger partial charge < -0.3 is 16.4 Å². The molecule has 6 heteroatoms. The van der Waals surface area contributed by atoms with Gasteiger partial charge in [0.2, 0.25) is 0 Å². The Bertz CT molecular complexity index is 565. The first-order chi connectivity index (χ1) is 9.83. The van der Waals surface area contributed by atoms with Gasteiger partial charge in [-0.1, -0.05) is 0 Å². The molecule has 0 bridgehead atoms. The van der Waals surface area contributed by atoms with Crippen LogP contribution in [0.3, 0.4) is 0 Å². The average molecular weight is 270 g/mol. The fourth-order valence-electron chi connectivity index (χ4n) is 2.33. The van der Waals surface area contributed by atoms with Gasteiger partial charge in [0, 0.05) is 24.0 Å². The maximum Gasteiger partial charge on any atom is 0.169 e. The Morgan fingerprint density at radius 3 is 2.70 bits per heavy atom. The Kier molecular flexibility index (Phi) is 3.73. The topological polar surface area (TPSA) is 88.8 Å². The molecule has 0 atom stereocenters. The normalized spacial score (nSPS) is 16.0.